The van der Waals surface area contributed by atoms with Crippen molar-refractivity contribution >= 4 is 17.0 Å². The third-order valence-electron chi connectivity index (χ3n) is 4.08. The van der Waals surface area contributed by atoms with Crippen molar-refractivity contribution in [1.29, 1.82) is 0 Å². The quantitative estimate of drug-likeness (QED) is 0.733. The fourth-order valence-corrected chi connectivity index (χ4v) is 2.55. The van der Waals surface area contributed by atoms with Crippen molar-refractivity contribution in [1.82, 2.24) is 15.3 Å². The summed E-state index contributed by atoms with van der Waals surface area (Å²) in [4.78, 5) is 20.8. The lowest BCUT2D eigenvalue weighted by Gasteiger charge is -2.09. The molecule has 0 aliphatic heterocycles. The number of halogens is 1. The van der Waals surface area contributed by atoms with Gasteiger partial charge in [0.25, 0.3) is 5.91 Å². The second-order valence-electron chi connectivity index (χ2n) is 5.96. The number of carbonyl (C=O) groups is 1. The maximum absolute atomic E-state index is 13.2. The molecule has 1 amide bonds. The zero-order chi connectivity index (χ0) is 18.7. The van der Waals surface area contributed by atoms with Crippen LogP contribution in [0.15, 0.2) is 28.7 Å². The number of nitrogens with one attached hydrogen (secondary N) is 1. The molecule has 0 saturated heterocycles. The molecule has 2 heterocycles. The fourth-order valence-electron chi connectivity index (χ4n) is 2.55. The Balaban J connectivity index is 1.69. The van der Waals surface area contributed by atoms with Crippen molar-refractivity contribution in [3.05, 3.63) is 52.8 Å². The summed E-state index contributed by atoms with van der Waals surface area (Å²) in [5.41, 5.74) is 2.03. The predicted molar refractivity (Wildman–Crippen MR) is 94.4 cm³/mol. The number of fused-ring (bicyclic) bond motifs is 1. The Labute approximate surface area is 150 Å². The molecule has 0 aliphatic carbocycles. The average Bonchev–Trinajstić information content (AvgIpc) is 2.92. The Hall–Kier alpha value is -2.96. The lowest BCUT2D eigenvalue weighted by atomic mass is 10.2. The Bertz CT molecular complexity index is 953. The molecule has 1 N–H and O–H groups in total. The van der Waals surface area contributed by atoms with Gasteiger partial charge in [0.2, 0.25) is 11.6 Å². The van der Waals surface area contributed by atoms with E-state index in [0.717, 1.165) is 11.3 Å². The molecule has 0 fully saturated rings. The summed E-state index contributed by atoms with van der Waals surface area (Å²) in [5, 5.41) is 3.37. The molecule has 0 atom stereocenters. The van der Waals surface area contributed by atoms with Gasteiger partial charge in [-0.05, 0) is 31.5 Å². The van der Waals surface area contributed by atoms with E-state index in [4.69, 9.17) is 9.15 Å². The van der Waals surface area contributed by atoms with Crippen LogP contribution in [0.5, 0.6) is 5.88 Å². The number of aryl methyl sites for hydroxylation is 3. The van der Waals surface area contributed by atoms with Crippen molar-refractivity contribution < 1.29 is 18.3 Å². The monoisotopic (exact) mass is 357 g/mol. The molecular formula is C19H20FN3O3. The van der Waals surface area contributed by atoms with Gasteiger partial charge in [0.05, 0.1) is 0 Å². The molecule has 2 aromatic heterocycles. The number of nitrogens with zero attached hydrogens (tertiary/aromatic N) is 2. The normalized spacial score (nSPS) is 10.9. The van der Waals surface area contributed by atoms with Crippen LogP contribution >= 0.6 is 0 Å². The molecule has 0 bridgehead atoms. The van der Waals surface area contributed by atoms with Gasteiger partial charge in [-0.2, -0.15) is 9.97 Å². The van der Waals surface area contributed by atoms with Crippen molar-refractivity contribution in [2.24, 2.45) is 0 Å². The summed E-state index contributed by atoms with van der Waals surface area (Å²) in [7, 11) is 0. The molecule has 6 nitrogen and oxygen atoms in total. The number of benzene rings is 1. The van der Waals surface area contributed by atoms with Crippen molar-refractivity contribution in [2.45, 2.75) is 33.7 Å². The van der Waals surface area contributed by atoms with Gasteiger partial charge < -0.3 is 14.5 Å². The van der Waals surface area contributed by atoms with E-state index in [2.05, 4.69) is 15.3 Å². The maximum atomic E-state index is 13.2. The second kappa shape index (κ2) is 7.51. The highest BCUT2D eigenvalue weighted by molar-refractivity contribution is 5.84. The maximum Gasteiger partial charge on any atom is 0.258 e. The number of hydrogen-bond donors (Lipinski definition) is 1. The lowest BCUT2D eigenvalue weighted by molar-refractivity contribution is -0.123. The molecule has 0 saturated carbocycles. The minimum Gasteiger partial charge on any atom is -0.467 e. The number of furan rings is 1. The van der Waals surface area contributed by atoms with E-state index < -0.39 is 0 Å². The Morgan fingerprint density at radius 1 is 1.31 bits per heavy atom. The van der Waals surface area contributed by atoms with E-state index in [1.54, 1.807) is 12.1 Å². The van der Waals surface area contributed by atoms with E-state index in [-0.39, 0.29) is 24.9 Å². The highest BCUT2D eigenvalue weighted by Gasteiger charge is 2.17. The van der Waals surface area contributed by atoms with E-state index in [0.29, 0.717) is 34.8 Å². The standard InChI is InChI=1S/C19H20FN3O3/c1-4-15-22-18(17-11(2)12(3)26-19(17)23-15)25-10-16(24)21-9-13-6-5-7-14(20)8-13/h5-8H,4,9-10H2,1-3H3,(H,21,24). The fraction of sp³-hybridized carbons (Fsp3) is 0.316. The molecule has 0 aliphatic rings. The van der Waals surface area contributed by atoms with Gasteiger partial charge >= 0.3 is 0 Å². The molecule has 0 unspecified atom stereocenters. The molecule has 26 heavy (non-hydrogen) atoms. The second-order valence-corrected chi connectivity index (χ2v) is 5.96. The molecular weight excluding hydrogens is 337 g/mol. The van der Waals surface area contributed by atoms with Crippen LogP contribution in [0.4, 0.5) is 4.39 Å². The molecule has 0 spiro atoms. The van der Waals surface area contributed by atoms with Gasteiger partial charge in [0.15, 0.2) is 6.61 Å². The number of carbonyl (C=O) groups excluding carboxylic acids is 1. The Morgan fingerprint density at radius 3 is 2.85 bits per heavy atom. The summed E-state index contributed by atoms with van der Waals surface area (Å²) in [6.07, 6.45) is 0.622. The molecule has 3 aromatic rings. The third-order valence-corrected chi connectivity index (χ3v) is 4.08. The van der Waals surface area contributed by atoms with Crippen LogP contribution in [0.2, 0.25) is 0 Å². The molecule has 3 rings (SSSR count). The average molecular weight is 357 g/mol. The highest BCUT2D eigenvalue weighted by Crippen LogP contribution is 2.30. The van der Waals surface area contributed by atoms with Gasteiger partial charge in [0, 0.05) is 18.5 Å². The summed E-state index contributed by atoms with van der Waals surface area (Å²) in [6, 6.07) is 6.07. The van der Waals surface area contributed by atoms with E-state index in [1.165, 1.54) is 12.1 Å². The zero-order valence-electron chi connectivity index (χ0n) is 14.9. The van der Waals surface area contributed by atoms with Crippen LogP contribution in [0.3, 0.4) is 0 Å². The molecule has 136 valence electrons. The van der Waals surface area contributed by atoms with Gasteiger partial charge in [-0.3, -0.25) is 4.79 Å². The summed E-state index contributed by atoms with van der Waals surface area (Å²) >= 11 is 0. The largest absolute Gasteiger partial charge is 0.467 e. The van der Waals surface area contributed by atoms with Crippen LogP contribution in [0, 0.1) is 19.7 Å². The van der Waals surface area contributed by atoms with Crippen molar-refractivity contribution in [3.8, 4) is 5.88 Å². The number of aromatic nitrogens is 2. The third kappa shape index (κ3) is 3.82. The van der Waals surface area contributed by atoms with Gasteiger partial charge in [0.1, 0.15) is 22.8 Å². The van der Waals surface area contributed by atoms with Crippen molar-refractivity contribution in [3.63, 3.8) is 0 Å². The van der Waals surface area contributed by atoms with Gasteiger partial charge in [-0.1, -0.05) is 19.1 Å². The minimum absolute atomic E-state index is 0.200. The Kier molecular flexibility index (Phi) is 5.16. The number of amides is 1. The number of rotatable bonds is 6. The van der Waals surface area contributed by atoms with Gasteiger partial charge in [-0.15, -0.1) is 0 Å². The van der Waals surface area contributed by atoms with Crippen molar-refractivity contribution in [2.75, 3.05) is 6.61 Å². The van der Waals surface area contributed by atoms with Crippen LogP contribution in [0.1, 0.15) is 29.6 Å². The van der Waals surface area contributed by atoms with Crippen LogP contribution < -0.4 is 10.1 Å². The molecule has 0 radical (unpaired) electrons. The number of ether oxygens (including phenoxy) is 1. The first-order valence-electron chi connectivity index (χ1n) is 8.38. The van der Waals surface area contributed by atoms with E-state index in [9.17, 15) is 9.18 Å². The van der Waals surface area contributed by atoms with E-state index in [1.807, 2.05) is 20.8 Å². The van der Waals surface area contributed by atoms with E-state index >= 15 is 0 Å². The molecule has 1 aromatic carbocycles. The summed E-state index contributed by atoms with van der Waals surface area (Å²) < 4.78 is 24.4. The summed E-state index contributed by atoms with van der Waals surface area (Å²) in [5.74, 6) is 0.998. The van der Waals surface area contributed by atoms with Crippen LogP contribution in [-0.4, -0.2) is 22.5 Å². The first-order valence-corrected chi connectivity index (χ1v) is 8.38. The van der Waals surface area contributed by atoms with Crippen LogP contribution in [-0.2, 0) is 17.8 Å². The SMILES string of the molecule is CCc1nc(OCC(=O)NCc2cccc(F)c2)c2c(C)c(C)oc2n1. The smallest absolute Gasteiger partial charge is 0.258 e. The highest BCUT2D eigenvalue weighted by atomic mass is 19.1. The first kappa shape index (κ1) is 17.8. The van der Waals surface area contributed by atoms with Gasteiger partial charge in [-0.25, -0.2) is 4.39 Å². The number of hydrogen-bond acceptors (Lipinski definition) is 5. The predicted octanol–water partition coefficient (Wildman–Crippen LogP) is 3.24. The first-order chi connectivity index (χ1) is 12.5. The molecule has 7 heteroatoms. The Morgan fingerprint density at radius 2 is 2.12 bits per heavy atom. The zero-order valence-corrected chi connectivity index (χ0v) is 14.9. The topological polar surface area (TPSA) is 77.2 Å². The minimum atomic E-state index is -0.339. The van der Waals surface area contributed by atoms with Crippen LogP contribution in [0.25, 0.3) is 11.1 Å². The lowest BCUT2D eigenvalue weighted by Crippen LogP contribution is -2.28. The summed E-state index contributed by atoms with van der Waals surface area (Å²) in [6.45, 7) is 5.70.